The van der Waals surface area contributed by atoms with Crippen molar-refractivity contribution in [3.05, 3.63) is 29.3 Å². The molecule has 0 fully saturated rings. The zero-order chi connectivity index (χ0) is 11.4. The molecule has 1 aromatic carbocycles. The van der Waals surface area contributed by atoms with Gasteiger partial charge in [0.25, 0.3) is 0 Å². The van der Waals surface area contributed by atoms with Gasteiger partial charge in [0.1, 0.15) is 0 Å². The van der Waals surface area contributed by atoms with Crippen LogP contribution in [0.3, 0.4) is 0 Å². The van der Waals surface area contributed by atoms with Gasteiger partial charge in [0.05, 0.1) is 10.2 Å². The van der Waals surface area contributed by atoms with Gasteiger partial charge < -0.3 is 9.47 Å². The molecule has 0 amide bonds. The third kappa shape index (κ3) is 2.40. The first-order valence-corrected chi connectivity index (χ1v) is 6.25. The molecule has 1 aromatic heterocycles. The van der Waals surface area contributed by atoms with Crippen LogP contribution in [0.25, 0.3) is 10.2 Å². The molecule has 0 aliphatic carbocycles. The van der Waals surface area contributed by atoms with E-state index in [9.17, 15) is 0 Å². The number of ether oxygens (including phenoxy) is 2. The second-order valence-corrected chi connectivity index (χ2v) is 4.32. The second-order valence-electron chi connectivity index (χ2n) is 3.26. The van der Waals surface area contributed by atoms with Gasteiger partial charge in [-0.15, -0.1) is 11.3 Å². The van der Waals surface area contributed by atoms with Crippen molar-refractivity contribution in [3.63, 3.8) is 0 Å². The van der Waals surface area contributed by atoms with E-state index in [0.29, 0.717) is 13.2 Å². The van der Waals surface area contributed by atoms with Crippen LogP contribution in [0.2, 0.25) is 0 Å². The molecule has 0 atom stereocenters. The highest BCUT2D eigenvalue weighted by Gasteiger charge is 2.16. The summed E-state index contributed by atoms with van der Waals surface area (Å²) in [5.74, 6) is 0. The lowest BCUT2D eigenvalue weighted by Gasteiger charge is -2.13. The summed E-state index contributed by atoms with van der Waals surface area (Å²) in [6.45, 7) is 5.17. The molecule has 2 rings (SSSR count). The topological polar surface area (TPSA) is 31.4 Å². The van der Waals surface area contributed by atoms with E-state index < -0.39 is 0 Å². The Morgan fingerprint density at radius 3 is 2.50 bits per heavy atom. The van der Waals surface area contributed by atoms with Crippen LogP contribution in [0.4, 0.5) is 0 Å². The SMILES string of the molecule is CCOC(OCC)c1nc2ccccc2s1. The minimum atomic E-state index is -0.326. The number of fused-ring (bicyclic) bond motifs is 1. The minimum Gasteiger partial charge on any atom is -0.347 e. The first-order chi connectivity index (χ1) is 7.85. The number of para-hydroxylation sites is 1. The molecule has 0 unspecified atom stereocenters. The highest BCUT2D eigenvalue weighted by molar-refractivity contribution is 7.18. The average molecular weight is 237 g/mol. The zero-order valence-electron chi connectivity index (χ0n) is 9.47. The number of thiazole rings is 1. The normalized spacial score (nSPS) is 11.4. The van der Waals surface area contributed by atoms with E-state index in [-0.39, 0.29) is 6.29 Å². The molecule has 2 aromatic rings. The molecular formula is C12H15NO2S. The number of hydrogen-bond donors (Lipinski definition) is 0. The molecule has 86 valence electrons. The smallest absolute Gasteiger partial charge is 0.210 e. The monoisotopic (exact) mass is 237 g/mol. The first-order valence-electron chi connectivity index (χ1n) is 5.43. The lowest BCUT2D eigenvalue weighted by molar-refractivity contribution is -0.140. The fraction of sp³-hybridized carbons (Fsp3) is 0.417. The lowest BCUT2D eigenvalue weighted by Crippen LogP contribution is -2.08. The van der Waals surface area contributed by atoms with Gasteiger partial charge in [-0.3, -0.25) is 0 Å². The van der Waals surface area contributed by atoms with Crippen LogP contribution < -0.4 is 0 Å². The van der Waals surface area contributed by atoms with Crippen LogP contribution in [0, 0.1) is 0 Å². The van der Waals surface area contributed by atoms with Crippen molar-refractivity contribution in [1.29, 1.82) is 0 Å². The van der Waals surface area contributed by atoms with E-state index in [4.69, 9.17) is 9.47 Å². The maximum absolute atomic E-state index is 5.52. The summed E-state index contributed by atoms with van der Waals surface area (Å²) in [6, 6.07) is 8.07. The Hall–Kier alpha value is -0.970. The summed E-state index contributed by atoms with van der Waals surface area (Å²) in [7, 11) is 0. The highest BCUT2D eigenvalue weighted by atomic mass is 32.1. The third-order valence-electron chi connectivity index (χ3n) is 2.15. The molecule has 0 aliphatic rings. The second kappa shape index (κ2) is 5.39. The molecule has 0 N–H and O–H groups in total. The Kier molecular flexibility index (Phi) is 3.88. The Bertz CT molecular complexity index is 416. The number of benzene rings is 1. The molecule has 16 heavy (non-hydrogen) atoms. The van der Waals surface area contributed by atoms with Crippen LogP contribution in [0.5, 0.6) is 0 Å². The van der Waals surface area contributed by atoms with Crippen molar-refractivity contribution in [2.75, 3.05) is 13.2 Å². The molecule has 3 nitrogen and oxygen atoms in total. The highest BCUT2D eigenvalue weighted by Crippen LogP contribution is 2.28. The Labute approximate surface area is 99.0 Å². The molecule has 4 heteroatoms. The molecular weight excluding hydrogens is 222 g/mol. The van der Waals surface area contributed by atoms with Gasteiger partial charge in [0, 0.05) is 13.2 Å². The quantitative estimate of drug-likeness (QED) is 0.747. The molecule has 0 radical (unpaired) electrons. The van der Waals surface area contributed by atoms with E-state index in [1.807, 2.05) is 32.0 Å². The number of aromatic nitrogens is 1. The van der Waals surface area contributed by atoms with Crippen LogP contribution in [0.15, 0.2) is 24.3 Å². The summed E-state index contributed by atoms with van der Waals surface area (Å²) in [4.78, 5) is 4.52. The molecule has 0 aliphatic heterocycles. The van der Waals surface area contributed by atoms with Crippen molar-refractivity contribution in [2.24, 2.45) is 0 Å². The molecule has 0 saturated heterocycles. The van der Waals surface area contributed by atoms with Crippen LogP contribution in [-0.4, -0.2) is 18.2 Å². The summed E-state index contributed by atoms with van der Waals surface area (Å²) in [6.07, 6.45) is -0.326. The predicted octanol–water partition coefficient (Wildman–Crippen LogP) is 3.37. The summed E-state index contributed by atoms with van der Waals surface area (Å²) < 4.78 is 12.2. The molecule has 0 spiro atoms. The van der Waals surface area contributed by atoms with E-state index >= 15 is 0 Å². The summed E-state index contributed by atoms with van der Waals surface area (Å²) in [5.41, 5.74) is 1.01. The predicted molar refractivity (Wildman–Crippen MR) is 65.6 cm³/mol. The van der Waals surface area contributed by atoms with Gasteiger partial charge >= 0.3 is 0 Å². The third-order valence-corrected chi connectivity index (χ3v) is 3.21. The van der Waals surface area contributed by atoms with Gasteiger partial charge in [-0.05, 0) is 26.0 Å². The Balaban J connectivity index is 2.29. The first kappa shape index (κ1) is 11.5. The Morgan fingerprint density at radius 1 is 1.19 bits per heavy atom. The van der Waals surface area contributed by atoms with Crippen LogP contribution in [-0.2, 0) is 9.47 Å². The zero-order valence-corrected chi connectivity index (χ0v) is 10.3. The molecule has 0 saturated carbocycles. The maximum Gasteiger partial charge on any atom is 0.210 e. The standard InChI is InChI=1S/C12H15NO2S/c1-3-14-12(15-4-2)11-13-9-7-5-6-8-10(9)16-11/h5-8,12H,3-4H2,1-2H3. The van der Waals surface area contributed by atoms with Crippen LogP contribution in [0.1, 0.15) is 25.1 Å². The van der Waals surface area contributed by atoms with Gasteiger partial charge in [-0.25, -0.2) is 4.98 Å². The Morgan fingerprint density at radius 2 is 1.88 bits per heavy atom. The van der Waals surface area contributed by atoms with Crippen molar-refractivity contribution in [3.8, 4) is 0 Å². The van der Waals surface area contributed by atoms with E-state index in [1.54, 1.807) is 11.3 Å². The van der Waals surface area contributed by atoms with Crippen molar-refractivity contribution >= 4 is 21.6 Å². The van der Waals surface area contributed by atoms with Gasteiger partial charge in [0.15, 0.2) is 5.01 Å². The summed E-state index contributed by atoms with van der Waals surface area (Å²) in [5, 5.41) is 0.893. The minimum absolute atomic E-state index is 0.326. The molecule has 0 bridgehead atoms. The van der Waals surface area contributed by atoms with Crippen molar-refractivity contribution in [1.82, 2.24) is 4.98 Å². The average Bonchev–Trinajstić information content (AvgIpc) is 2.72. The van der Waals surface area contributed by atoms with Gasteiger partial charge in [-0.1, -0.05) is 12.1 Å². The maximum atomic E-state index is 5.52. The fourth-order valence-corrected chi connectivity index (χ4v) is 2.45. The van der Waals surface area contributed by atoms with E-state index in [0.717, 1.165) is 10.5 Å². The van der Waals surface area contributed by atoms with Crippen LogP contribution >= 0.6 is 11.3 Å². The number of rotatable bonds is 5. The number of hydrogen-bond acceptors (Lipinski definition) is 4. The van der Waals surface area contributed by atoms with E-state index in [1.165, 1.54) is 4.70 Å². The fourth-order valence-electron chi connectivity index (χ4n) is 1.48. The lowest BCUT2D eigenvalue weighted by atomic mass is 10.3. The van der Waals surface area contributed by atoms with Crippen molar-refractivity contribution in [2.45, 2.75) is 20.1 Å². The van der Waals surface area contributed by atoms with Gasteiger partial charge in [0.2, 0.25) is 6.29 Å². The molecule has 1 heterocycles. The van der Waals surface area contributed by atoms with E-state index in [2.05, 4.69) is 11.1 Å². The van der Waals surface area contributed by atoms with Crippen molar-refractivity contribution < 1.29 is 9.47 Å². The van der Waals surface area contributed by atoms with Gasteiger partial charge in [-0.2, -0.15) is 0 Å². The number of nitrogens with zero attached hydrogens (tertiary/aromatic N) is 1. The largest absolute Gasteiger partial charge is 0.347 e. The summed E-state index contributed by atoms with van der Waals surface area (Å²) >= 11 is 1.62.